The first kappa shape index (κ1) is 12.2. The van der Waals surface area contributed by atoms with Gasteiger partial charge in [0.15, 0.2) is 0 Å². The first-order valence-electron chi connectivity index (χ1n) is 7.35. The van der Waals surface area contributed by atoms with E-state index in [1.807, 2.05) is 0 Å². The smallest absolute Gasteiger partial charge is 0.0237 e. The standard InChI is InChI=1S/C16H24N2/c1-13-5-4-9-17-16(13)12-18-10-8-14-6-2-3-7-15(14)11-18/h2-3,6-7,13,16-17H,4-5,8-12H2,1H3. The summed E-state index contributed by atoms with van der Waals surface area (Å²) in [5.74, 6) is 0.830. The second kappa shape index (κ2) is 5.41. The van der Waals surface area contributed by atoms with E-state index in [-0.39, 0.29) is 0 Å². The Morgan fingerprint density at radius 2 is 2.11 bits per heavy atom. The molecule has 1 fully saturated rings. The molecule has 2 heterocycles. The summed E-state index contributed by atoms with van der Waals surface area (Å²) in [4.78, 5) is 2.63. The van der Waals surface area contributed by atoms with Gasteiger partial charge in [-0.1, -0.05) is 31.2 Å². The fourth-order valence-corrected chi connectivity index (χ4v) is 3.35. The van der Waals surface area contributed by atoms with E-state index in [2.05, 4.69) is 41.4 Å². The second-order valence-corrected chi connectivity index (χ2v) is 5.93. The minimum absolute atomic E-state index is 0.698. The lowest BCUT2D eigenvalue weighted by Crippen LogP contribution is -2.48. The van der Waals surface area contributed by atoms with Gasteiger partial charge in [0, 0.05) is 25.7 Å². The summed E-state index contributed by atoms with van der Waals surface area (Å²) in [6.07, 6.45) is 3.96. The van der Waals surface area contributed by atoms with E-state index in [0.717, 1.165) is 12.5 Å². The van der Waals surface area contributed by atoms with Crippen molar-refractivity contribution < 1.29 is 0 Å². The Labute approximate surface area is 110 Å². The number of nitrogens with one attached hydrogen (secondary N) is 1. The number of fused-ring (bicyclic) bond motifs is 1. The molecule has 2 aliphatic heterocycles. The van der Waals surface area contributed by atoms with Gasteiger partial charge in [-0.15, -0.1) is 0 Å². The number of nitrogens with zero attached hydrogens (tertiary/aromatic N) is 1. The van der Waals surface area contributed by atoms with Crippen molar-refractivity contribution >= 4 is 0 Å². The number of hydrogen-bond donors (Lipinski definition) is 1. The van der Waals surface area contributed by atoms with Gasteiger partial charge in [-0.25, -0.2) is 0 Å². The molecular weight excluding hydrogens is 220 g/mol. The minimum Gasteiger partial charge on any atom is -0.312 e. The quantitative estimate of drug-likeness (QED) is 0.859. The first-order chi connectivity index (χ1) is 8.83. The minimum atomic E-state index is 0.698. The summed E-state index contributed by atoms with van der Waals surface area (Å²) in [6, 6.07) is 9.61. The van der Waals surface area contributed by atoms with E-state index in [9.17, 15) is 0 Å². The van der Waals surface area contributed by atoms with E-state index < -0.39 is 0 Å². The zero-order chi connectivity index (χ0) is 12.4. The van der Waals surface area contributed by atoms with Crippen LogP contribution in [0.25, 0.3) is 0 Å². The summed E-state index contributed by atoms with van der Waals surface area (Å²) >= 11 is 0. The molecule has 0 amide bonds. The fourth-order valence-electron chi connectivity index (χ4n) is 3.35. The van der Waals surface area contributed by atoms with Gasteiger partial charge in [-0.05, 0) is 42.9 Å². The number of hydrogen-bond acceptors (Lipinski definition) is 2. The Bertz CT molecular complexity index is 402. The van der Waals surface area contributed by atoms with E-state index in [4.69, 9.17) is 0 Å². The van der Waals surface area contributed by atoms with Crippen LogP contribution >= 0.6 is 0 Å². The van der Waals surface area contributed by atoms with Gasteiger partial charge in [0.2, 0.25) is 0 Å². The lowest BCUT2D eigenvalue weighted by molar-refractivity contribution is 0.179. The van der Waals surface area contributed by atoms with Crippen LogP contribution in [0.5, 0.6) is 0 Å². The largest absolute Gasteiger partial charge is 0.312 e. The van der Waals surface area contributed by atoms with Crippen LogP contribution in [0.1, 0.15) is 30.9 Å². The maximum atomic E-state index is 3.70. The molecule has 18 heavy (non-hydrogen) atoms. The van der Waals surface area contributed by atoms with Crippen molar-refractivity contribution in [2.45, 2.75) is 38.8 Å². The number of rotatable bonds is 2. The molecule has 0 spiro atoms. The summed E-state index contributed by atoms with van der Waals surface area (Å²) in [7, 11) is 0. The predicted molar refractivity (Wildman–Crippen MR) is 75.6 cm³/mol. The SMILES string of the molecule is CC1CCCNC1CN1CCc2ccccc2C1. The van der Waals surface area contributed by atoms with Crippen molar-refractivity contribution in [3.8, 4) is 0 Å². The Balaban J connectivity index is 1.62. The van der Waals surface area contributed by atoms with Crippen molar-refractivity contribution in [2.24, 2.45) is 5.92 Å². The van der Waals surface area contributed by atoms with Crippen LogP contribution in [0.15, 0.2) is 24.3 Å². The molecule has 2 nitrogen and oxygen atoms in total. The Morgan fingerprint density at radius 1 is 1.28 bits per heavy atom. The van der Waals surface area contributed by atoms with Crippen LogP contribution in [0, 0.1) is 5.92 Å². The molecule has 0 bridgehead atoms. The zero-order valence-electron chi connectivity index (χ0n) is 11.4. The molecule has 0 aliphatic carbocycles. The third-order valence-corrected chi connectivity index (χ3v) is 4.59. The van der Waals surface area contributed by atoms with E-state index >= 15 is 0 Å². The van der Waals surface area contributed by atoms with Crippen LogP contribution in [0.4, 0.5) is 0 Å². The van der Waals surface area contributed by atoms with Gasteiger partial charge >= 0.3 is 0 Å². The molecule has 98 valence electrons. The van der Waals surface area contributed by atoms with Gasteiger partial charge < -0.3 is 5.32 Å². The predicted octanol–water partition coefficient (Wildman–Crippen LogP) is 2.43. The maximum Gasteiger partial charge on any atom is 0.0237 e. The first-order valence-corrected chi connectivity index (χ1v) is 7.35. The van der Waals surface area contributed by atoms with Crippen molar-refractivity contribution in [2.75, 3.05) is 19.6 Å². The molecule has 2 unspecified atom stereocenters. The highest BCUT2D eigenvalue weighted by atomic mass is 15.2. The third-order valence-electron chi connectivity index (χ3n) is 4.59. The van der Waals surface area contributed by atoms with Crippen molar-refractivity contribution in [3.05, 3.63) is 35.4 Å². The highest BCUT2D eigenvalue weighted by Gasteiger charge is 2.24. The third kappa shape index (κ3) is 2.60. The molecule has 0 saturated carbocycles. The van der Waals surface area contributed by atoms with Gasteiger partial charge in [0.25, 0.3) is 0 Å². The van der Waals surface area contributed by atoms with Crippen molar-refractivity contribution in [1.82, 2.24) is 10.2 Å². The van der Waals surface area contributed by atoms with E-state index in [1.165, 1.54) is 44.5 Å². The lowest BCUT2D eigenvalue weighted by atomic mass is 9.91. The molecule has 2 aliphatic rings. The van der Waals surface area contributed by atoms with E-state index in [1.54, 1.807) is 5.56 Å². The maximum absolute atomic E-state index is 3.70. The van der Waals surface area contributed by atoms with Crippen LogP contribution in [-0.4, -0.2) is 30.6 Å². The van der Waals surface area contributed by atoms with Gasteiger partial charge in [0.1, 0.15) is 0 Å². The Morgan fingerprint density at radius 3 is 2.94 bits per heavy atom. The summed E-state index contributed by atoms with van der Waals surface area (Å²) in [5.41, 5.74) is 3.09. The van der Waals surface area contributed by atoms with Crippen LogP contribution < -0.4 is 5.32 Å². The molecule has 1 aromatic carbocycles. The summed E-state index contributed by atoms with van der Waals surface area (Å²) < 4.78 is 0. The Hall–Kier alpha value is -0.860. The van der Waals surface area contributed by atoms with Crippen LogP contribution in [-0.2, 0) is 13.0 Å². The molecule has 3 rings (SSSR count). The van der Waals surface area contributed by atoms with E-state index in [0.29, 0.717) is 6.04 Å². The summed E-state index contributed by atoms with van der Waals surface area (Å²) in [6.45, 7) is 7.19. The van der Waals surface area contributed by atoms with Gasteiger partial charge in [-0.2, -0.15) is 0 Å². The lowest BCUT2D eigenvalue weighted by Gasteiger charge is -2.36. The summed E-state index contributed by atoms with van der Waals surface area (Å²) in [5, 5.41) is 3.70. The van der Waals surface area contributed by atoms with Crippen molar-refractivity contribution in [1.29, 1.82) is 0 Å². The number of piperidine rings is 1. The average molecular weight is 244 g/mol. The molecule has 1 aromatic rings. The van der Waals surface area contributed by atoms with Gasteiger partial charge in [0.05, 0.1) is 0 Å². The fraction of sp³-hybridized carbons (Fsp3) is 0.625. The molecular formula is C16H24N2. The molecule has 2 heteroatoms. The molecule has 1 N–H and O–H groups in total. The monoisotopic (exact) mass is 244 g/mol. The highest BCUT2D eigenvalue weighted by molar-refractivity contribution is 5.29. The van der Waals surface area contributed by atoms with Gasteiger partial charge in [-0.3, -0.25) is 4.90 Å². The second-order valence-electron chi connectivity index (χ2n) is 5.93. The zero-order valence-corrected chi connectivity index (χ0v) is 11.4. The average Bonchev–Trinajstić information content (AvgIpc) is 2.41. The van der Waals surface area contributed by atoms with Crippen LogP contribution in [0.3, 0.4) is 0 Å². The highest BCUT2D eigenvalue weighted by Crippen LogP contribution is 2.21. The normalized spacial score (nSPS) is 28.9. The van der Waals surface area contributed by atoms with Crippen LogP contribution in [0.2, 0.25) is 0 Å². The molecule has 1 saturated heterocycles. The molecule has 0 radical (unpaired) electrons. The molecule has 2 atom stereocenters. The number of benzene rings is 1. The molecule has 0 aromatic heterocycles. The Kier molecular flexibility index (Phi) is 3.67. The topological polar surface area (TPSA) is 15.3 Å². The van der Waals surface area contributed by atoms with Crippen molar-refractivity contribution in [3.63, 3.8) is 0 Å².